The van der Waals surface area contributed by atoms with E-state index in [1.54, 1.807) is 0 Å². The molecule has 0 unspecified atom stereocenters. The molecule has 1 saturated heterocycles. The summed E-state index contributed by atoms with van der Waals surface area (Å²) in [6.45, 7) is 14.6. The summed E-state index contributed by atoms with van der Waals surface area (Å²) in [5.74, 6) is 0. The third-order valence-electron chi connectivity index (χ3n) is 3.78. The van der Waals surface area contributed by atoms with E-state index < -0.39 is 0 Å². The van der Waals surface area contributed by atoms with Crippen molar-refractivity contribution in [1.82, 2.24) is 9.88 Å². The molecule has 0 radical (unpaired) electrons. The average Bonchev–Trinajstić information content (AvgIpc) is 2.31. The molecule has 1 fully saturated rings. The summed E-state index contributed by atoms with van der Waals surface area (Å²) < 4.78 is 5.56. The van der Waals surface area contributed by atoms with Crippen molar-refractivity contribution >= 4 is 0 Å². The first-order valence-electron chi connectivity index (χ1n) is 7.07. The number of hydrogen-bond acceptors (Lipinski definition) is 3. The molecule has 19 heavy (non-hydrogen) atoms. The third kappa shape index (κ3) is 3.54. The highest BCUT2D eigenvalue weighted by Crippen LogP contribution is 2.23. The lowest BCUT2D eigenvalue weighted by Crippen LogP contribution is -2.52. The topological polar surface area (TPSA) is 25.4 Å². The minimum Gasteiger partial charge on any atom is -0.378 e. The summed E-state index contributed by atoms with van der Waals surface area (Å²) in [7, 11) is 0. The van der Waals surface area contributed by atoms with Crippen LogP contribution >= 0.6 is 0 Å². The van der Waals surface area contributed by atoms with E-state index in [9.17, 15) is 0 Å². The Morgan fingerprint density at radius 1 is 1.32 bits per heavy atom. The van der Waals surface area contributed by atoms with Gasteiger partial charge in [-0.25, -0.2) is 0 Å². The fourth-order valence-electron chi connectivity index (χ4n) is 2.37. The van der Waals surface area contributed by atoms with E-state index in [2.05, 4.69) is 56.6 Å². The van der Waals surface area contributed by atoms with Crippen LogP contribution in [0, 0.1) is 0 Å². The second kappa shape index (κ2) is 5.22. The molecule has 2 heterocycles. The number of pyridine rings is 1. The van der Waals surface area contributed by atoms with E-state index in [0.717, 1.165) is 32.0 Å². The van der Waals surface area contributed by atoms with Gasteiger partial charge in [0.1, 0.15) is 0 Å². The van der Waals surface area contributed by atoms with Crippen molar-refractivity contribution in [3.8, 4) is 0 Å². The van der Waals surface area contributed by atoms with E-state index in [0.29, 0.717) is 0 Å². The number of aromatic nitrogens is 1. The lowest BCUT2D eigenvalue weighted by atomic mass is 9.91. The van der Waals surface area contributed by atoms with Crippen LogP contribution in [0.25, 0.3) is 0 Å². The lowest BCUT2D eigenvalue weighted by Gasteiger charge is -2.42. The van der Waals surface area contributed by atoms with E-state index in [-0.39, 0.29) is 11.0 Å². The molecule has 0 atom stereocenters. The second-order valence-corrected chi connectivity index (χ2v) is 7.09. The van der Waals surface area contributed by atoms with Crippen LogP contribution in [0.3, 0.4) is 0 Å². The Labute approximate surface area is 117 Å². The Kier molecular flexibility index (Phi) is 3.98. The monoisotopic (exact) mass is 262 g/mol. The largest absolute Gasteiger partial charge is 0.378 e. The van der Waals surface area contributed by atoms with Gasteiger partial charge in [-0.3, -0.25) is 9.88 Å². The van der Waals surface area contributed by atoms with Gasteiger partial charge >= 0.3 is 0 Å². The summed E-state index contributed by atoms with van der Waals surface area (Å²) in [6.07, 6.45) is 2.02. The minimum absolute atomic E-state index is 0.112. The molecule has 106 valence electrons. The molecule has 0 N–H and O–H groups in total. The standard InChI is InChI=1S/C16H26N2O/c1-15(2,3)14-7-6-13(10-17-14)11-18-8-9-19-12-16(18,4)5/h6-7,10H,8-9,11-12H2,1-5H3. The summed E-state index contributed by atoms with van der Waals surface area (Å²) in [5, 5.41) is 0. The van der Waals surface area contributed by atoms with Gasteiger partial charge in [-0.05, 0) is 25.5 Å². The molecule has 1 aromatic rings. The predicted molar refractivity (Wildman–Crippen MR) is 78.2 cm³/mol. The summed E-state index contributed by atoms with van der Waals surface area (Å²) in [6, 6.07) is 4.36. The smallest absolute Gasteiger partial charge is 0.0645 e. The molecule has 0 amide bonds. The van der Waals surface area contributed by atoms with Crippen LogP contribution in [-0.4, -0.2) is 35.2 Å². The maximum atomic E-state index is 5.56. The first kappa shape index (κ1) is 14.5. The Morgan fingerprint density at radius 2 is 2.05 bits per heavy atom. The Balaban J connectivity index is 2.07. The highest BCUT2D eigenvalue weighted by molar-refractivity contribution is 5.19. The molecule has 1 aliphatic heterocycles. The zero-order chi connectivity index (χ0) is 14.1. The minimum atomic E-state index is 0.112. The van der Waals surface area contributed by atoms with Crippen LogP contribution in [-0.2, 0) is 16.7 Å². The lowest BCUT2D eigenvalue weighted by molar-refractivity contribution is -0.0553. The van der Waals surface area contributed by atoms with E-state index in [4.69, 9.17) is 4.74 Å². The average molecular weight is 262 g/mol. The van der Waals surface area contributed by atoms with Crippen molar-refractivity contribution in [2.75, 3.05) is 19.8 Å². The predicted octanol–water partition coefficient (Wildman–Crippen LogP) is 2.99. The quantitative estimate of drug-likeness (QED) is 0.819. The van der Waals surface area contributed by atoms with Crippen molar-refractivity contribution in [1.29, 1.82) is 0 Å². The molecule has 3 heteroatoms. The van der Waals surface area contributed by atoms with Gasteiger partial charge in [-0.2, -0.15) is 0 Å². The maximum absolute atomic E-state index is 5.56. The van der Waals surface area contributed by atoms with Crippen LogP contribution in [0.2, 0.25) is 0 Å². The Bertz CT molecular complexity index is 417. The molecule has 0 bridgehead atoms. The molecule has 0 aliphatic carbocycles. The Hall–Kier alpha value is -0.930. The van der Waals surface area contributed by atoms with Crippen molar-refractivity contribution in [2.45, 2.75) is 52.1 Å². The van der Waals surface area contributed by atoms with Gasteiger partial charge in [-0.15, -0.1) is 0 Å². The van der Waals surface area contributed by atoms with Crippen molar-refractivity contribution in [3.05, 3.63) is 29.6 Å². The van der Waals surface area contributed by atoms with Crippen LogP contribution < -0.4 is 0 Å². The third-order valence-corrected chi connectivity index (χ3v) is 3.78. The molecule has 0 aromatic carbocycles. The van der Waals surface area contributed by atoms with E-state index in [1.807, 2.05) is 6.20 Å². The normalized spacial score (nSPS) is 20.5. The molecule has 1 aliphatic rings. The summed E-state index contributed by atoms with van der Waals surface area (Å²) >= 11 is 0. The van der Waals surface area contributed by atoms with Crippen molar-refractivity contribution in [3.63, 3.8) is 0 Å². The van der Waals surface area contributed by atoms with E-state index >= 15 is 0 Å². The second-order valence-electron chi connectivity index (χ2n) is 7.09. The zero-order valence-electron chi connectivity index (χ0n) is 12.9. The molecular weight excluding hydrogens is 236 g/mol. The SMILES string of the molecule is CC(C)(C)c1ccc(CN2CCOCC2(C)C)cn1. The van der Waals surface area contributed by atoms with Crippen molar-refractivity contribution in [2.24, 2.45) is 0 Å². The molecule has 3 nitrogen and oxygen atoms in total. The molecular formula is C16H26N2O. The summed E-state index contributed by atoms with van der Waals surface area (Å²) in [4.78, 5) is 7.08. The fourth-order valence-corrected chi connectivity index (χ4v) is 2.37. The van der Waals surface area contributed by atoms with Gasteiger partial charge in [-0.1, -0.05) is 26.8 Å². The highest BCUT2D eigenvalue weighted by atomic mass is 16.5. The fraction of sp³-hybridized carbons (Fsp3) is 0.688. The first-order chi connectivity index (χ1) is 8.79. The van der Waals surface area contributed by atoms with Crippen LogP contribution in [0.1, 0.15) is 45.9 Å². The van der Waals surface area contributed by atoms with Gasteiger partial charge in [0, 0.05) is 35.9 Å². The van der Waals surface area contributed by atoms with Gasteiger partial charge < -0.3 is 4.74 Å². The van der Waals surface area contributed by atoms with Crippen LogP contribution in [0.15, 0.2) is 18.3 Å². The van der Waals surface area contributed by atoms with Gasteiger partial charge in [0.15, 0.2) is 0 Å². The molecule has 0 saturated carbocycles. The molecule has 0 spiro atoms. The van der Waals surface area contributed by atoms with Gasteiger partial charge in [0.2, 0.25) is 0 Å². The van der Waals surface area contributed by atoms with E-state index in [1.165, 1.54) is 5.56 Å². The van der Waals surface area contributed by atoms with Gasteiger partial charge in [0.05, 0.1) is 13.2 Å². The molecule has 1 aromatic heterocycles. The zero-order valence-corrected chi connectivity index (χ0v) is 12.9. The maximum Gasteiger partial charge on any atom is 0.0645 e. The van der Waals surface area contributed by atoms with Crippen LogP contribution in [0.4, 0.5) is 0 Å². The number of nitrogens with zero attached hydrogens (tertiary/aromatic N) is 2. The summed E-state index contributed by atoms with van der Waals surface area (Å²) in [5.41, 5.74) is 2.66. The number of rotatable bonds is 2. The first-order valence-corrected chi connectivity index (χ1v) is 7.07. The Morgan fingerprint density at radius 3 is 2.58 bits per heavy atom. The van der Waals surface area contributed by atoms with Crippen molar-refractivity contribution < 1.29 is 4.74 Å². The van der Waals surface area contributed by atoms with Gasteiger partial charge in [0.25, 0.3) is 0 Å². The van der Waals surface area contributed by atoms with Crippen LogP contribution in [0.5, 0.6) is 0 Å². The number of morpholine rings is 1. The number of ether oxygens (including phenoxy) is 1. The molecule has 2 rings (SSSR count). The number of hydrogen-bond donors (Lipinski definition) is 0. The highest BCUT2D eigenvalue weighted by Gasteiger charge is 2.30.